The van der Waals surface area contributed by atoms with Crippen LogP contribution in [-0.4, -0.2) is 167 Å². The maximum atomic E-state index is 13.7. The van der Waals surface area contributed by atoms with Crippen molar-refractivity contribution in [2.75, 3.05) is 39.4 Å². The van der Waals surface area contributed by atoms with E-state index in [0.29, 0.717) is 94.3 Å². The molecule has 0 bridgehead atoms. The lowest BCUT2D eigenvalue weighted by molar-refractivity contribution is -0.132. The van der Waals surface area contributed by atoms with Crippen molar-refractivity contribution in [3.8, 4) is 22.8 Å². The number of carbonyl (C=O) groups excluding carboxylic acids is 3. The second-order valence-electron chi connectivity index (χ2n) is 23.5. The van der Waals surface area contributed by atoms with Crippen molar-refractivity contribution < 1.29 is 42.5 Å². The monoisotopic (exact) mass is 1220 g/mol. The van der Waals surface area contributed by atoms with Gasteiger partial charge >= 0.3 is 5.97 Å². The minimum absolute atomic E-state index is 0.0468. The number of halogens is 4. The fourth-order valence-electron chi connectivity index (χ4n) is 9.51. The number of hydrogen-bond donors (Lipinski definition) is 3. The maximum absolute atomic E-state index is 13.7. The van der Waals surface area contributed by atoms with Gasteiger partial charge in [0.25, 0.3) is 5.91 Å². The molecule has 4 atom stereocenters. The molecule has 10 rings (SSSR count). The summed E-state index contributed by atoms with van der Waals surface area (Å²) >= 11 is 12.3. The number of ether oxygens (including phenoxy) is 2. The van der Waals surface area contributed by atoms with Crippen LogP contribution in [0.5, 0.6) is 0 Å². The molecule has 2 aromatic carbocycles. The van der Waals surface area contributed by atoms with Gasteiger partial charge in [-0.25, -0.2) is 33.5 Å². The van der Waals surface area contributed by atoms with Crippen LogP contribution in [0.15, 0.2) is 61.2 Å². The average molecular weight is 1220 g/mol. The first-order valence-electron chi connectivity index (χ1n) is 27.4. The van der Waals surface area contributed by atoms with Crippen molar-refractivity contribution >= 4 is 107 Å². The molecule has 4 N–H and O–H groups in total. The summed E-state index contributed by atoms with van der Waals surface area (Å²) in [6.07, 6.45) is 5.31. The topological polar surface area (TPSA) is 249 Å². The number of aromatic nitrogens is 10. The summed E-state index contributed by atoms with van der Waals surface area (Å²) in [6.45, 7) is 19.7. The molecule has 6 aromatic heterocycles. The van der Waals surface area contributed by atoms with E-state index in [1.807, 2.05) is 38.4 Å². The quantitative estimate of drug-likeness (QED) is 0.0568. The molecule has 8 heterocycles. The zero-order valence-corrected chi connectivity index (χ0v) is 51.9. The van der Waals surface area contributed by atoms with E-state index < -0.39 is 52.5 Å². The Hall–Kier alpha value is -6.75. The first-order valence-corrected chi connectivity index (χ1v) is 35.6. The Labute approximate surface area is 491 Å². The number of carbonyl (C=O) groups is 4. The second-order valence-corrected chi connectivity index (χ2v) is 35.6. The molecule has 27 heteroatoms. The van der Waals surface area contributed by atoms with Gasteiger partial charge in [-0.05, 0) is 75.2 Å². The first kappa shape index (κ1) is 62.3. The smallest absolute Gasteiger partial charge is 0.339 e. The van der Waals surface area contributed by atoms with Gasteiger partial charge in [-0.1, -0.05) is 62.5 Å². The van der Waals surface area contributed by atoms with Crippen LogP contribution < -0.4 is 11.1 Å². The van der Waals surface area contributed by atoms with Crippen molar-refractivity contribution in [3.05, 3.63) is 82.4 Å². The van der Waals surface area contributed by atoms with E-state index in [1.165, 1.54) is 16.0 Å². The third-order valence-electron chi connectivity index (χ3n) is 14.2. The van der Waals surface area contributed by atoms with E-state index in [9.17, 15) is 33.1 Å². The van der Waals surface area contributed by atoms with Crippen LogP contribution in [-0.2, 0) is 46.6 Å². The molecular formula is C56H72Cl2F2N14O7Si2. The molecule has 0 saturated carbocycles. The zero-order chi connectivity index (χ0) is 60.2. The summed E-state index contributed by atoms with van der Waals surface area (Å²) in [7, 11) is 1.17. The molecule has 2 fully saturated rings. The zero-order valence-electron chi connectivity index (χ0n) is 48.4. The third kappa shape index (κ3) is 15.2. The molecule has 2 aliphatic heterocycles. The van der Waals surface area contributed by atoms with E-state index in [0.717, 1.165) is 33.9 Å². The number of carboxylic acid groups (broad SMARTS) is 1. The van der Waals surface area contributed by atoms with Crippen molar-refractivity contribution in [2.45, 2.75) is 116 Å². The number of likely N-dealkylation sites (tertiary alicyclic amines) is 2. The lowest BCUT2D eigenvalue weighted by Crippen LogP contribution is -2.46. The van der Waals surface area contributed by atoms with Crippen molar-refractivity contribution in [1.82, 2.24) is 63.7 Å². The first-order chi connectivity index (χ1) is 39.2. The SMILES string of the molecule is C[C@@H](N)C(=O)N1CC[C@H](F)C1.C[C@@H](NC(=O)c1cn(COCC[Si](C)(C)C)c2ncc(-c3nn(C)c4cc(Cl)ccc34)nc12)C(=O)N1CC[C@H](F)C1.Cn1nc(-c2cnc3c(n2)c(C(=O)O)cn3COCC[Si](C)(C)C)c2ccc(Cl)cc21. The van der Waals surface area contributed by atoms with Gasteiger partial charge in [0.1, 0.15) is 71.2 Å². The van der Waals surface area contributed by atoms with E-state index in [2.05, 4.69) is 69.7 Å². The third-order valence-corrected chi connectivity index (χ3v) is 18.0. The van der Waals surface area contributed by atoms with Gasteiger partial charge in [0.05, 0.1) is 48.1 Å². The van der Waals surface area contributed by atoms with Gasteiger partial charge in [-0.15, -0.1) is 0 Å². The van der Waals surface area contributed by atoms with Crippen LogP contribution in [0.3, 0.4) is 0 Å². The molecule has 2 aliphatic rings. The van der Waals surface area contributed by atoms with Crippen LogP contribution >= 0.6 is 23.2 Å². The summed E-state index contributed by atoms with van der Waals surface area (Å²) in [5, 5.41) is 24.6. The van der Waals surface area contributed by atoms with Crippen molar-refractivity contribution in [3.63, 3.8) is 0 Å². The van der Waals surface area contributed by atoms with Crippen molar-refractivity contribution in [2.24, 2.45) is 19.8 Å². The molecule has 0 aliphatic carbocycles. The lowest BCUT2D eigenvalue weighted by atomic mass is 10.1. The summed E-state index contributed by atoms with van der Waals surface area (Å²) in [5.41, 5.74) is 11.2. The number of nitrogens with zero attached hydrogens (tertiary/aromatic N) is 12. The van der Waals surface area contributed by atoms with E-state index >= 15 is 0 Å². The van der Waals surface area contributed by atoms with Crippen LogP contribution in [0.4, 0.5) is 8.78 Å². The largest absolute Gasteiger partial charge is 0.478 e. The molecule has 0 unspecified atom stereocenters. The molecule has 8 aromatic rings. The number of fused-ring (bicyclic) bond motifs is 4. The summed E-state index contributed by atoms with van der Waals surface area (Å²) in [5.74, 6) is -2.00. The van der Waals surface area contributed by atoms with Gasteiger partial charge in [-0.3, -0.25) is 23.7 Å². The highest BCUT2D eigenvalue weighted by molar-refractivity contribution is 6.76. The Morgan fingerprint density at radius 3 is 1.55 bits per heavy atom. The maximum Gasteiger partial charge on any atom is 0.339 e. The second kappa shape index (κ2) is 26.0. The molecule has 3 amide bonds. The van der Waals surface area contributed by atoms with Crippen LogP contribution in [0.1, 0.15) is 47.4 Å². The number of carboxylic acids is 1. The number of aryl methyl sites for hydroxylation is 2. The fraction of sp³-hybridized carbons (Fsp3) is 0.464. The van der Waals surface area contributed by atoms with Gasteiger partial charge in [-0.2, -0.15) is 10.2 Å². The molecule has 444 valence electrons. The predicted octanol–water partition coefficient (Wildman–Crippen LogP) is 9.19. The van der Waals surface area contributed by atoms with Gasteiger partial charge in [0, 0.05) is 89.8 Å². The van der Waals surface area contributed by atoms with E-state index in [-0.39, 0.29) is 49.5 Å². The minimum atomic E-state index is -1.28. The highest BCUT2D eigenvalue weighted by Gasteiger charge is 2.32. The Balaban J connectivity index is 0.000000188. The van der Waals surface area contributed by atoms with Crippen LogP contribution in [0, 0.1) is 0 Å². The number of hydrogen-bond acceptors (Lipinski definition) is 13. The standard InChI is InChI=1S/C28H35ClFN7O3Si.C21H24ClN5O3Si.C7H13FN2O/c1-17(28(39)36-9-8-19(30)14-36)32-27(38)21-15-37(16-40-10-11-41(3,4)5)26-25(21)33-22(13-31-26)24-20-7-6-18(29)12-23(20)35(2)34-24;1-26-17-9-13(22)5-6-14(17)18(25-26)16-10-23-20-19(24-16)15(21(28)29)11-27(20)12-30-7-8-31(2,3)4;1-5(9)7(11)10-3-2-6(8)4-10/h6-7,12-13,15,17,19H,8-11,14,16H2,1-5H3,(H,32,38);5-6,9-11H,7-8,12H2,1-4H3,(H,28,29);5-6H,2-4,9H2,1H3/t17-,19+;;5-,6+/m1.1/s1. The highest BCUT2D eigenvalue weighted by atomic mass is 35.5. The minimum Gasteiger partial charge on any atom is -0.478 e. The van der Waals surface area contributed by atoms with Crippen LogP contribution in [0.25, 0.3) is 66.9 Å². The molecular weight excluding hydrogens is 1150 g/mol. The number of aromatic carboxylic acids is 1. The van der Waals surface area contributed by atoms with Gasteiger partial charge in [0.2, 0.25) is 11.8 Å². The lowest BCUT2D eigenvalue weighted by Gasteiger charge is -2.20. The Bertz CT molecular complexity index is 3690. The fourth-order valence-corrected chi connectivity index (χ4v) is 11.4. The summed E-state index contributed by atoms with van der Waals surface area (Å²) in [4.78, 5) is 70.9. The Morgan fingerprint density at radius 2 is 1.14 bits per heavy atom. The van der Waals surface area contributed by atoms with E-state index in [4.69, 9.17) is 43.4 Å². The van der Waals surface area contributed by atoms with E-state index in [1.54, 1.807) is 63.1 Å². The predicted molar refractivity (Wildman–Crippen MR) is 322 cm³/mol. The number of alkyl halides is 2. The summed E-state index contributed by atoms with van der Waals surface area (Å²) < 4.78 is 44.9. The Kier molecular flexibility index (Phi) is 19.5. The Morgan fingerprint density at radius 1 is 0.711 bits per heavy atom. The molecule has 0 spiro atoms. The highest BCUT2D eigenvalue weighted by Crippen LogP contribution is 2.32. The number of benzene rings is 2. The number of nitrogens with two attached hydrogens (primary N) is 1. The molecule has 21 nitrogen and oxygen atoms in total. The van der Waals surface area contributed by atoms with Crippen LogP contribution in [0.2, 0.25) is 61.4 Å². The normalized spacial score (nSPS) is 16.3. The number of rotatable bonds is 17. The number of nitrogens with one attached hydrogen (secondary N) is 1. The summed E-state index contributed by atoms with van der Waals surface area (Å²) in [6, 6.07) is 11.7. The molecule has 83 heavy (non-hydrogen) atoms. The van der Waals surface area contributed by atoms with Crippen molar-refractivity contribution in [1.29, 1.82) is 0 Å². The van der Waals surface area contributed by atoms with Gasteiger partial charge < -0.3 is 44.6 Å². The average Bonchev–Trinajstić information content (AvgIpc) is 3.50. The number of amides is 3. The molecule has 2 saturated heterocycles. The molecule has 0 radical (unpaired) electrons. The van der Waals surface area contributed by atoms with Gasteiger partial charge in [0.15, 0.2) is 11.3 Å².